The molecule has 25 heavy (non-hydrogen) atoms. The van der Waals surface area contributed by atoms with Crippen LogP contribution >= 0.6 is 0 Å². The van der Waals surface area contributed by atoms with Gasteiger partial charge in [-0.3, -0.25) is 9.69 Å². The molecule has 1 atom stereocenters. The zero-order valence-electron chi connectivity index (χ0n) is 14.9. The van der Waals surface area contributed by atoms with Crippen LogP contribution in [0.15, 0.2) is 48.5 Å². The number of hydrogen-bond donors (Lipinski definition) is 0. The van der Waals surface area contributed by atoms with Gasteiger partial charge in [-0.05, 0) is 61.6 Å². The van der Waals surface area contributed by atoms with E-state index in [1.54, 1.807) is 18.1 Å². The molecule has 0 N–H and O–H groups in total. The molecule has 4 rings (SSSR count). The SMILES string of the molecule is CC(=O)c1ccc(N2CCN(C3CCc4ccccc4C3)CC2)cc1. The molecule has 0 saturated carbocycles. The van der Waals surface area contributed by atoms with Crippen LogP contribution in [0, 0.1) is 0 Å². The highest BCUT2D eigenvalue weighted by atomic mass is 16.1. The maximum atomic E-state index is 11.4. The molecule has 2 aromatic rings. The molecule has 2 aliphatic rings. The summed E-state index contributed by atoms with van der Waals surface area (Å²) < 4.78 is 0. The molecule has 3 heteroatoms. The van der Waals surface area contributed by atoms with Crippen molar-refractivity contribution < 1.29 is 4.79 Å². The van der Waals surface area contributed by atoms with Crippen molar-refractivity contribution in [1.29, 1.82) is 0 Å². The Kier molecular flexibility index (Phi) is 4.58. The summed E-state index contributed by atoms with van der Waals surface area (Å²) in [7, 11) is 0. The fourth-order valence-corrected chi connectivity index (χ4v) is 4.24. The molecule has 1 aliphatic carbocycles. The number of hydrogen-bond acceptors (Lipinski definition) is 3. The number of ketones is 1. The van der Waals surface area contributed by atoms with Crippen LogP contribution in [0.2, 0.25) is 0 Å². The molecule has 0 spiro atoms. The third-order valence-electron chi connectivity index (χ3n) is 5.79. The van der Waals surface area contributed by atoms with E-state index in [0.29, 0.717) is 6.04 Å². The first kappa shape index (κ1) is 16.3. The predicted octanol–water partition coefficient (Wildman–Crippen LogP) is 3.57. The zero-order valence-corrected chi connectivity index (χ0v) is 14.9. The lowest BCUT2D eigenvalue weighted by molar-refractivity contribution is 0.101. The van der Waals surface area contributed by atoms with Gasteiger partial charge in [-0.2, -0.15) is 0 Å². The van der Waals surface area contributed by atoms with Crippen molar-refractivity contribution in [2.45, 2.75) is 32.2 Å². The molecule has 1 aliphatic heterocycles. The van der Waals surface area contributed by atoms with Crippen molar-refractivity contribution in [3.8, 4) is 0 Å². The monoisotopic (exact) mass is 334 g/mol. The average Bonchev–Trinajstić information content (AvgIpc) is 2.68. The van der Waals surface area contributed by atoms with E-state index in [2.05, 4.69) is 46.2 Å². The van der Waals surface area contributed by atoms with Crippen LogP contribution in [0.3, 0.4) is 0 Å². The zero-order chi connectivity index (χ0) is 17.2. The van der Waals surface area contributed by atoms with Gasteiger partial charge in [0.1, 0.15) is 0 Å². The number of nitrogens with zero attached hydrogens (tertiary/aromatic N) is 2. The number of benzene rings is 2. The third-order valence-corrected chi connectivity index (χ3v) is 5.79. The van der Waals surface area contributed by atoms with Crippen LogP contribution < -0.4 is 4.90 Å². The number of carbonyl (C=O) groups is 1. The van der Waals surface area contributed by atoms with Gasteiger partial charge in [0, 0.05) is 43.5 Å². The summed E-state index contributed by atoms with van der Waals surface area (Å²) in [6.07, 6.45) is 3.70. The van der Waals surface area contributed by atoms with Crippen LogP contribution in [0.4, 0.5) is 5.69 Å². The summed E-state index contributed by atoms with van der Waals surface area (Å²) in [6, 6.07) is 17.7. The molecular weight excluding hydrogens is 308 g/mol. The van der Waals surface area contributed by atoms with Gasteiger partial charge >= 0.3 is 0 Å². The molecule has 0 bridgehead atoms. The Morgan fingerprint density at radius 1 is 0.920 bits per heavy atom. The van der Waals surface area contributed by atoms with Gasteiger partial charge in [0.15, 0.2) is 5.78 Å². The molecule has 3 nitrogen and oxygen atoms in total. The van der Waals surface area contributed by atoms with E-state index < -0.39 is 0 Å². The number of fused-ring (bicyclic) bond motifs is 1. The van der Waals surface area contributed by atoms with E-state index in [9.17, 15) is 4.79 Å². The van der Waals surface area contributed by atoms with Crippen LogP contribution in [-0.4, -0.2) is 42.9 Å². The van der Waals surface area contributed by atoms with Crippen LogP contribution in [0.1, 0.15) is 34.8 Å². The standard InChI is InChI=1S/C22H26N2O/c1-17(25)18-6-9-21(10-7-18)23-12-14-24(15-13-23)22-11-8-19-4-2-3-5-20(19)16-22/h2-7,9-10,22H,8,11-16H2,1H3. The van der Waals surface area contributed by atoms with E-state index in [1.807, 2.05) is 12.1 Å². The summed E-state index contributed by atoms with van der Waals surface area (Å²) in [5.74, 6) is 0.133. The molecule has 0 radical (unpaired) electrons. The quantitative estimate of drug-likeness (QED) is 0.802. The Morgan fingerprint density at radius 2 is 1.60 bits per heavy atom. The van der Waals surface area contributed by atoms with Gasteiger partial charge in [-0.15, -0.1) is 0 Å². The number of aryl methyl sites for hydroxylation is 1. The summed E-state index contributed by atoms with van der Waals surface area (Å²) in [6.45, 7) is 6.01. The van der Waals surface area contributed by atoms with Gasteiger partial charge in [0.2, 0.25) is 0 Å². The predicted molar refractivity (Wildman–Crippen MR) is 102 cm³/mol. The Bertz CT molecular complexity index is 745. The van der Waals surface area contributed by atoms with Gasteiger partial charge in [0.05, 0.1) is 0 Å². The fraction of sp³-hybridized carbons (Fsp3) is 0.409. The summed E-state index contributed by atoms with van der Waals surface area (Å²) in [4.78, 5) is 16.5. The molecule has 0 amide bonds. The van der Waals surface area contributed by atoms with Gasteiger partial charge in [-0.1, -0.05) is 24.3 Å². The molecule has 0 aromatic heterocycles. The molecule has 130 valence electrons. The highest BCUT2D eigenvalue weighted by Crippen LogP contribution is 2.26. The van der Waals surface area contributed by atoms with Gasteiger partial charge in [-0.25, -0.2) is 0 Å². The lowest BCUT2D eigenvalue weighted by Crippen LogP contribution is -2.51. The fourth-order valence-electron chi connectivity index (χ4n) is 4.24. The average molecular weight is 334 g/mol. The maximum absolute atomic E-state index is 11.4. The first-order valence-electron chi connectivity index (χ1n) is 9.37. The molecular formula is C22H26N2O. The number of rotatable bonds is 3. The van der Waals surface area contributed by atoms with E-state index in [-0.39, 0.29) is 5.78 Å². The topological polar surface area (TPSA) is 23.6 Å². The Hall–Kier alpha value is -2.13. The lowest BCUT2D eigenvalue weighted by atomic mass is 9.87. The van der Waals surface area contributed by atoms with Crippen LogP contribution in [-0.2, 0) is 12.8 Å². The van der Waals surface area contributed by atoms with Crippen molar-refractivity contribution in [2.75, 3.05) is 31.1 Å². The largest absolute Gasteiger partial charge is 0.369 e. The smallest absolute Gasteiger partial charge is 0.159 e. The van der Waals surface area contributed by atoms with Gasteiger partial charge in [0.25, 0.3) is 0 Å². The first-order valence-corrected chi connectivity index (χ1v) is 9.37. The van der Waals surface area contributed by atoms with E-state index in [4.69, 9.17) is 0 Å². The lowest BCUT2D eigenvalue weighted by Gasteiger charge is -2.42. The second-order valence-corrected chi connectivity index (χ2v) is 7.29. The van der Waals surface area contributed by atoms with E-state index in [0.717, 1.165) is 31.7 Å². The number of Topliss-reactive ketones (excluding diaryl/α,β-unsaturated/α-hetero) is 1. The normalized spacial score (nSPS) is 21.0. The Labute approximate surface area is 150 Å². The molecule has 2 aromatic carbocycles. The van der Waals surface area contributed by atoms with Crippen LogP contribution in [0.5, 0.6) is 0 Å². The highest BCUT2D eigenvalue weighted by molar-refractivity contribution is 5.94. The minimum absolute atomic E-state index is 0.133. The molecule has 1 saturated heterocycles. The number of carbonyl (C=O) groups excluding carboxylic acids is 1. The highest BCUT2D eigenvalue weighted by Gasteiger charge is 2.27. The number of anilines is 1. The molecule has 1 heterocycles. The third kappa shape index (κ3) is 3.47. The Balaban J connectivity index is 1.36. The van der Waals surface area contributed by atoms with Gasteiger partial charge < -0.3 is 4.90 Å². The second kappa shape index (κ2) is 7.01. The summed E-state index contributed by atoms with van der Waals surface area (Å²) in [5, 5.41) is 0. The molecule has 1 unspecified atom stereocenters. The van der Waals surface area contributed by atoms with Crippen molar-refractivity contribution in [3.05, 3.63) is 65.2 Å². The van der Waals surface area contributed by atoms with Crippen molar-refractivity contribution >= 4 is 11.5 Å². The summed E-state index contributed by atoms with van der Waals surface area (Å²) >= 11 is 0. The Morgan fingerprint density at radius 3 is 2.28 bits per heavy atom. The maximum Gasteiger partial charge on any atom is 0.159 e. The van der Waals surface area contributed by atoms with Crippen molar-refractivity contribution in [1.82, 2.24) is 4.90 Å². The number of piperazine rings is 1. The van der Waals surface area contributed by atoms with E-state index >= 15 is 0 Å². The second-order valence-electron chi connectivity index (χ2n) is 7.29. The minimum Gasteiger partial charge on any atom is -0.369 e. The van der Waals surface area contributed by atoms with Crippen LogP contribution in [0.25, 0.3) is 0 Å². The molecule has 1 fully saturated rings. The van der Waals surface area contributed by atoms with E-state index in [1.165, 1.54) is 24.9 Å². The van der Waals surface area contributed by atoms with Crippen molar-refractivity contribution in [3.63, 3.8) is 0 Å². The summed E-state index contributed by atoms with van der Waals surface area (Å²) in [5.41, 5.74) is 5.12. The minimum atomic E-state index is 0.133. The first-order chi connectivity index (χ1) is 12.2. The van der Waals surface area contributed by atoms with Crippen molar-refractivity contribution in [2.24, 2.45) is 0 Å².